The van der Waals surface area contributed by atoms with Crippen LogP contribution < -0.4 is 5.32 Å². The van der Waals surface area contributed by atoms with Gasteiger partial charge in [-0.15, -0.1) is 0 Å². The van der Waals surface area contributed by atoms with Gasteiger partial charge >= 0.3 is 0 Å². The smallest absolute Gasteiger partial charge is 0.0161 e. The first-order chi connectivity index (χ1) is 9.64. The summed E-state index contributed by atoms with van der Waals surface area (Å²) in [7, 11) is 0. The van der Waals surface area contributed by atoms with Gasteiger partial charge in [0, 0.05) is 11.5 Å². The third kappa shape index (κ3) is 3.85. The second kappa shape index (κ2) is 7.26. The van der Waals surface area contributed by atoms with Gasteiger partial charge in [0.2, 0.25) is 0 Å². The Morgan fingerprint density at radius 2 is 1.80 bits per heavy atom. The molecule has 20 heavy (non-hydrogen) atoms. The Morgan fingerprint density at radius 1 is 1.15 bits per heavy atom. The van der Waals surface area contributed by atoms with Gasteiger partial charge in [0.25, 0.3) is 0 Å². The fourth-order valence-corrected chi connectivity index (χ4v) is 3.60. The quantitative estimate of drug-likeness (QED) is 0.744. The topological polar surface area (TPSA) is 12.0 Å². The molecule has 1 unspecified atom stereocenters. The Hall–Kier alpha value is -0.820. The van der Waals surface area contributed by atoms with Crippen LogP contribution in [0.4, 0.5) is 0 Å². The van der Waals surface area contributed by atoms with Gasteiger partial charge in [-0.25, -0.2) is 0 Å². The van der Waals surface area contributed by atoms with E-state index in [1.165, 1.54) is 44.1 Å². The van der Waals surface area contributed by atoms with E-state index in [-0.39, 0.29) is 5.41 Å². The van der Waals surface area contributed by atoms with Gasteiger partial charge in [-0.1, -0.05) is 76.8 Å². The molecular formula is C19H31N. The molecule has 0 heterocycles. The largest absolute Gasteiger partial charge is 0.313 e. The maximum absolute atomic E-state index is 3.84. The van der Waals surface area contributed by atoms with E-state index in [1.807, 2.05) is 0 Å². The van der Waals surface area contributed by atoms with Gasteiger partial charge < -0.3 is 5.32 Å². The Bertz CT molecular complexity index is 376. The molecule has 0 saturated heterocycles. The highest BCUT2D eigenvalue weighted by atomic mass is 14.9. The van der Waals surface area contributed by atoms with Crippen LogP contribution in [0.5, 0.6) is 0 Å². The summed E-state index contributed by atoms with van der Waals surface area (Å²) in [5.74, 6) is 0.937. The molecule has 1 aliphatic carbocycles. The highest BCUT2D eigenvalue weighted by Crippen LogP contribution is 2.35. The Kier molecular flexibility index (Phi) is 5.65. The molecule has 0 spiro atoms. The van der Waals surface area contributed by atoms with Gasteiger partial charge in [0.1, 0.15) is 0 Å². The molecule has 1 fully saturated rings. The normalized spacial score (nSPS) is 18.4. The van der Waals surface area contributed by atoms with Crippen molar-refractivity contribution in [3.05, 3.63) is 35.9 Å². The molecule has 2 rings (SSSR count). The van der Waals surface area contributed by atoms with Gasteiger partial charge in [0.15, 0.2) is 0 Å². The predicted octanol–water partition coefficient (Wildman–Crippen LogP) is 4.91. The van der Waals surface area contributed by atoms with Crippen LogP contribution in [0, 0.1) is 5.92 Å². The first-order valence-electron chi connectivity index (χ1n) is 8.43. The Balaban J connectivity index is 2.10. The van der Waals surface area contributed by atoms with Crippen LogP contribution >= 0.6 is 0 Å². The highest BCUT2D eigenvalue weighted by molar-refractivity contribution is 5.25. The van der Waals surface area contributed by atoms with E-state index in [1.54, 1.807) is 0 Å². The van der Waals surface area contributed by atoms with Crippen molar-refractivity contribution in [2.45, 2.75) is 70.8 Å². The van der Waals surface area contributed by atoms with Crippen LogP contribution in [0.2, 0.25) is 0 Å². The van der Waals surface area contributed by atoms with Crippen molar-refractivity contribution >= 4 is 0 Å². The van der Waals surface area contributed by atoms with Gasteiger partial charge in [-0.05, 0) is 30.9 Å². The second-order valence-electron chi connectivity index (χ2n) is 6.98. The third-order valence-corrected chi connectivity index (χ3v) is 5.07. The van der Waals surface area contributed by atoms with Crippen molar-refractivity contribution in [2.75, 3.05) is 6.54 Å². The molecule has 1 nitrogen and oxygen atoms in total. The van der Waals surface area contributed by atoms with Crippen molar-refractivity contribution in [1.29, 1.82) is 0 Å². The molecule has 0 radical (unpaired) electrons. The first kappa shape index (κ1) is 15.6. The van der Waals surface area contributed by atoms with Crippen LogP contribution in [0.15, 0.2) is 30.3 Å². The van der Waals surface area contributed by atoms with Crippen LogP contribution in [0.25, 0.3) is 0 Å². The molecule has 0 aliphatic heterocycles. The standard InChI is InChI=1S/C19H31N/c1-4-14-20-18(15-16-10-8-9-11-16)19(2,3)17-12-6-5-7-13-17/h5-7,12-13,16,18,20H,4,8-11,14-15H2,1-3H3. The second-order valence-corrected chi connectivity index (χ2v) is 6.98. The lowest BCUT2D eigenvalue weighted by Gasteiger charge is -2.37. The molecule has 1 heteroatoms. The number of hydrogen-bond acceptors (Lipinski definition) is 1. The van der Waals surface area contributed by atoms with E-state index >= 15 is 0 Å². The van der Waals surface area contributed by atoms with Crippen LogP contribution in [0.3, 0.4) is 0 Å². The maximum atomic E-state index is 3.84. The van der Waals surface area contributed by atoms with Crippen LogP contribution in [0.1, 0.15) is 64.9 Å². The summed E-state index contributed by atoms with van der Waals surface area (Å²) >= 11 is 0. The molecule has 0 bridgehead atoms. The number of hydrogen-bond donors (Lipinski definition) is 1. The minimum atomic E-state index is 0.207. The molecular weight excluding hydrogens is 242 g/mol. The van der Waals surface area contributed by atoms with Crippen LogP contribution in [-0.4, -0.2) is 12.6 Å². The Labute approximate surface area is 125 Å². The van der Waals surface area contributed by atoms with Gasteiger partial charge in [-0.3, -0.25) is 0 Å². The van der Waals surface area contributed by atoms with E-state index in [9.17, 15) is 0 Å². The number of benzene rings is 1. The van der Waals surface area contributed by atoms with Crippen molar-refractivity contribution in [1.82, 2.24) is 5.32 Å². The average molecular weight is 273 g/mol. The minimum absolute atomic E-state index is 0.207. The minimum Gasteiger partial charge on any atom is -0.313 e. The van der Waals surface area contributed by atoms with Gasteiger partial charge in [-0.2, -0.15) is 0 Å². The van der Waals surface area contributed by atoms with E-state index in [0.29, 0.717) is 6.04 Å². The summed E-state index contributed by atoms with van der Waals surface area (Å²) in [5, 5.41) is 3.84. The summed E-state index contributed by atoms with van der Waals surface area (Å²) in [6, 6.07) is 11.6. The first-order valence-corrected chi connectivity index (χ1v) is 8.43. The molecule has 1 aromatic carbocycles. The zero-order valence-corrected chi connectivity index (χ0v) is 13.5. The maximum Gasteiger partial charge on any atom is 0.0161 e. The van der Waals surface area contributed by atoms with Crippen molar-refractivity contribution in [3.63, 3.8) is 0 Å². The molecule has 0 amide bonds. The number of nitrogens with one attached hydrogen (secondary N) is 1. The van der Waals surface area contributed by atoms with Crippen LogP contribution in [-0.2, 0) is 5.41 Å². The zero-order chi connectivity index (χ0) is 14.4. The average Bonchev–Trinajstić information content (AvgIpc) is 2.97. The monoisotopic (exact) mass is 273 g/mol. The molecule has 0 aromatic heterocycles. The molecule has 1 saturated carbocycles. The molecule has 1 aromatic rings. The fraction of sp³-hybridized carbons (Fsp3) is 0.684. The molecule has 1 atom stereocenters. The van der Waals surface area contributed by atoms with E-state index < -0.39 is 0 Å². The third-order valence-electron chi connectivity index (χ3n) is 5.07. The number of rotatable bonds is 7. The highest BCUT2D eigenvalue weighted by Gasteiger charge is 2.33. The Morgan fingerprint density at radius 3 is 2.40 bits per heavy atom. The van der Waals surface area contributed by atoms with E-state index in [4.69, 9.17) is 0 Å². The van der Waals surface area contributed by atoms with E-state index in [0.717, 1.165) is 12.5 Å². The summed E-state index contributed by atoms with van der Waals surface area (Å²) in [4.78, 5) is 0. The SMILES string of the molecule is CCCNC(CC1CCCC1)C(C)(C)c1ccccc1. The summed E-state index contributed by atoms with van der Waals surface area (Å²) < 4.78 is 0. The van der Waals surface area contributed by atoms with Crippen molar-refractivity contribution in [2.24, 2.45) is 5.92 Å². The van der Waals surface area contributed by atoms with Crippen molar-refractivity contribution < 1.29 is 0 Å². The molecule has 1 N–H and O–H groups in total. The summed E-state index contributed by atoms with van der Waals surface area (Å²) in [6.07, 6.45) is 8.31. The van der Waals surface area contributed by atoms with E-state index in [2.05, 4.69) is 56.4 Å². The molecule has 112 valence electrons. The van der Waals surface area contributed by atoms with Crippen molar-refractivity contribution in [3.8, 4) is 0 Å². The predicted molar refractivity (Wildman–Crippen MR) is 88.1 cm³/mol. The van der Waals surface area contributed by atoms with Gasteiger partial charge in [0.05, 0.1) is 0 Å². The molecule has 1 aliphatic rings. The summed E-state index contributed by atoms with van der Waals surface area (Å²) in [5.41, 5.74) is 1.67. The lowest BCUT2D eigenvalue weighted by Crippen LogP contribution is -2.46. The summed E-state index contributed by atoms with van der Waals surface area (Å²) in [6.45, 7) is 8.21. The lowest BCUT2D eigenvalue weighted by molar-refractivity contribution is 0.280. The fourth-order valence-electron chi connectivity index (χ4n) is 3.60. The zero-order valence-electron chi connectivity index (χ0n) is 13.5. The lowest BCUT2D eigenvalue weighted by atomic mass is 9.74.